The summed E-state index contributed by atoms with van der Waals surface area (Å²) in [6.07, 6.45) is 3.02. The average Bonchev–Trinajstić information content (AvgIpc) is 2.29. The molecule has 0 fully saturated rings. The van der Waals surface area contributed by atoms with Crippen LogP contribution in [0.25, 0.3) is 6.08 Å². The lowest BCUT2D eigenvalue weighted by molar-refractivity contribution is -0.137. The SMILES string of the molecule is CCOC(=O)C=Cc1ccc(OCO)cc1. The highest BCUT2D eigenvalue weighted by Crippen LogP contribution is 2.12. The molecule has 0 spiro atoms. The molecule has 0 saturated heterocycles. The zero-order chi connectivity index (χ0) is 11.8. The molecule has 4 nitrogen and oxygen atoms in total. The molecule has 1 rings (SSSR count). The number of carbonyl (C=O) groups excluding carboxylic acids is 1. The fourth-order valence-electron chi connectivity index (χ4n) is 1.10. The molecule has 0 amide bonds. The molecular formula is C12H14O4. The summed E-state index contributed by atoms with van der Waals surface area (Å²) < 4.78 is 9.61. The molecule has 0 aliphatic rings. The first-order valence-corrected chi connectivity index (χ1v) is 4.95. The topological polar surface area (TPSA) is 55.8 Å². The van der Waals surface area contributed by atoms with Crippen molar-refractivity contribution in [2.75, 3.05) is 13.4 Å². The van der Waals surface area contributed by atoms with E-state index in [0.29, 0.717) is 12.4 Å². The molecule has 86 valence electrons. The summed E-state index contributed by atoms with van der Waals surface area (Å²) in [5, 5.41) is 8.53. The van der Waals surface area contributed by atoms with E-state index >= 15 is 0 Å². The van der Waals surface area contributed by atoms with Crippen LogP contribution in [-0.4, -0.2) is 24.5 Å². The lowest BCUT2D eigenvalue weighted by Crippen LogP contribution is -1.98. The first-order chi connectivity index (χ1) is 7.76. The first-order valence-electron chi connectivity index (χ1n) is 4.95. The van der Waals surface area contributed by atoms with Gasteiger partial charge in [-0.15, -0.1) is 0 Å². The number of hydrogen-bond acceptors (Lipinski definition) is 4. The van der Waals surface area contributed by atoms with E-state index < -0.39 is 0 Å². The van der Waals surface area contributed by atoms with Crippen molar-refractivity contribution in [1.29, 1.82) is 0 Å². The summed E-state index contributed by atoms with van der Waals surface area (Å²) in [5.41, 5.74) is 0.860. The maximum Gasteiger partial charge on any atom is 0.330 e. The van der Waals surface area contributed by atoms with Crippen LogP contribution >= 0.6 is 0 Å². The fourth-order valence-corrected chi connectivity index (χ4v) is 1.10. The molecule has 0 heterocycles. The van der Waals surface area contributed by atoms with Crippen LogP contribution in [0.4, 0.5) is 0 Å². The van der Waals surface area contributed by atoms with E-state index in [1.165, 1.54) is 6.08 Å². The number of rotatable bonds is 5. The molecule has 0 aliphatic heterocycles. The van der Waals surface area contributed by atoms with E-state index in [2.05, 4.69) is 0 Å². The van der Waals surface area contributed by atoms with E-state index in [1.54, 1.807) is 37.3 Å². The molecule has 1 aromatic carbocycles. The van der Waals surface area contributed by atoms with Crippen molar-refractivity contribution >= 4 is 12.0 Å². The Hall–Kier alpha value is -1.81. The highest BCUT2D eigenvalue weighted by Gasteiger charge is 1.95. The smallest absolute Gasteiger partial charge is 0.330 e. The molecule has 0 atom stereocenters. The second-order valence-electron chi connectivity index (χ2n) is 2.93. The van der Waals surface area contributed by atoms with Crippen LogP contribution in [0.3, 0.4) is 0 Å². The molecule has 0 radical (unpaired) electrons. The number of aliphatic hydroxyl groups excluding tert-OH is 1. The van der Waals surface area contributed by atoms with Crippen LogP contribution in [0.15, 0.2) is 30.3 Å². The zero-order valence-electron chi connectivity index (χ0n) is 9.05. The molecule has 1 N–H and O–H groups in total. The van der Waals surface area contributed by atoms with Gasteiger partial charge in [0.15, 0.2) is 6.79 Å². The van der Waals surface area contributed by atoms with Crippen molar-refractivity contribution in [1.82, 2.24) is 0 Å². The third-order valence-corrected chi connectivity index (χ3v) is 1.81. The summed E-state index contributed by atoms with van der Waals surface area (Å²) in [5.74, 6) is 0.217. The van der Waals surface area contributed by atoms with Gasteiger partial charge in [0.1, 0.15) is 5.75 Å². The van der Waals surface area contributed by atoms with Crippen LogP contribution in [0.5, 0.6) is 5.75 Å². The lowest BCUT2D eigenvalue weighted by atomic mass is 10.2. The molecule has 0 aliphatic carbocycles. The Bertz CT molecular complexity index is 354. The third kappa shape index (κ3) is 4.14. The number of carbonyl (C=O) groups is 1. The van der Waals surface area contributed by atoms with Gasteiger partial charge in [0.05, 0.1) is 6.61 Å². The second kappa shape index (κ2) is 6.63. The van der Waals surface area contributed by atoms with Gasteiger partial charge < -0.3 is 14.6 Å². The summed E-state index contributed by atoms with van der Waals surface area (Å²) in [4.78, 5) is 11.0. The van der Waals surface area contributed by atoms with Crippen LogP contribution in [0, 0.1) is 0 Å². The molecule has 0 saturated carbocycles. The van der Waals surface area contributed by atoms with Crippen molar-refractivity contribution < 1.29 is 19.4 Å². The Balaban J connectivity index is 2.57. The van der Waals surface area contributed by atoms with Crippen molar-refractivity contribution in [3.05, 3.63) is 35.9 Å². The highest BCUT2D eigenvalue weighted by atomic mass is 16.6. The molecular weight excluding hydrogens is 208 g/mol. The van der Waals surface area contributed by atoms with Crippen LogP contribution < -0.4 is 4.74 Å². The van der Waals surface area contributed by atoms with Gasteiger partial charge in [-0.3, -0.25) is 0 Å². The minimum Gasteiger partial charge on any atom is -0.468 e. The number of aliphatic hydroxyl groups is 1. The minimum atomic E-state index is -0.363. The Morgan fingerprint density at radius 1 is 1.38 bits per heavy atom. The van der Waals surface area contributed by atoms with Gasteiger partial charge in [-0.25, -0.2) is 4.79 Å². The van der Waals surface area contributed by atoms with E-state index in [0.717, 1.165) is 5.56 Å². The van der Waals surface area contributed by atoms with Crippen molar-refractivity contribution in [2.24, 2.45) is 0 Å². The molecule has 0 unspecified atom stereocenters. The van der Waals surface area contributed by atoms with Crippen molar-refractivity contribution in [3.63, 3.8) is 0 Å². The van der Waals surface area contributed by atoms with Gasteiger partial charge in [0.2, 0.25) is 0 Å². The first kappa shape index (κ1) is 12.3. The summed E-state index contributed by atoms with van der Waals surface area (Å²) in [6, 6.07) is 6.98. The highest BCUT2D eigenvalue weighted by molar-refractivity contribution is 5.87. The molecule has 0 bridgehead atoms. The van der Waals surface area contributed by atoms with Crippen molar-refractivity contribution in [3.8, 4) is 5.75 Å². The Morgan fingerprint density at radius 3 is 2.62 bits per heavy atom. The maximum atomic E-state index is 11.0. The van der Waals surface area contributed by atoms with E-state index in [-0.39, 0.29) is 12.8 Å². The van der Waals surface area contributed by atoms with Gasteiger partial charge in [0.25, 0.3) is 0 Å². The maximum absolute atomic E-state index is 11.0. The number of hydrogen-bond donors (Lipinski definition) is 1. The molecule has 4 heteroatoms. The molecule has 1 aromatic rings. The molecule has 16 heavy (non-hydrogen) atoms. The third-order valence-electron chi connectivity index (χ3n) is 1.81. The second-order valence-corrected chi connectivity index (χ2v) is 2.93. The van der Waals surface area contributed by atoms with Crippen LogP contribution in [0.1, 0.15) is 12.5 Å². The summed E-state index contributed by atoms with van der Waals surface area (Å²) in [6.45, 7) is 1.78. The largest absolute Gasteiger partial charge is 0.468 e. The quantitative estimate of drug-likeness (QED) is 0.467. The Labute approximate surface area is 94.1 Å². The van der Waals surface area contributed by atoms with Gasteiger partial charge in [-0.1, -0.05) is 12.1 Å². The van der Waals surface area contributed by atoms with Gasteiger partial charge in [0, 0.05) is 6.08 Å². The summed E-state index contributed by atoms with van der Waals surface area (Å²) in [7, 11) is 0. The Kier molecular flexibility index (Phi) is 5.08. The average molecular weight is 222 g/mol. The number of benzene rings is 1. The van der Waals surface area contributed by atoms with Crippen molar-refractivity contribution in [2.45, 2.75) is 6.92 Å². The van der Waals surface area contributed by atoms with E-state index in [1.807, 2.05) is 0 Å². The molecule has 0 aromatic heterocycles. The monoisotopic (exact) mass is 222 g/mol. The van der Waals surface area contributed by atoms with Crippen LogP contribution in [0.2, 0.25) is 0 Å². The predicted molar refractivity (Wildman–Crippen MR) is 59.8 cm³/mol. The minimum absolute atomic E-state index is 0.349. The van der Waals surface area contributed by atoms with E-state index in [9.17, 15) is 4.79 Å². The zero-order valence-corrected chi connectivity index (χ0v) is 9.05. The fraction of sp³-hybridized carbons (Fsp3) is 0.250. The lowest BCUT2D eigenvalue weighted by Gasteiger charge is -2.01. The van der Waals surface area contributed by atoms with Gasteiger partial charge >= 0.3 is 5.97 Å². The normalized spacial score (nSPS) is 10.4. The van der Waals surface area contributed by atoms with Crippen LogP contribution in [-0.2, 0) is 9.53 Å². The van der Waals surface area contributed by atoms with Gasteiger partial charge in [-0.2, -0.15) is 0 Å². The predicted octanol–water partition coefficient (Wildman–Crippen LogP) is 1.59. The van der Waals surface area contributed by atoms with Gasteiger partial charge in [-0.05, 0) is 30.7 Å². The standard InChI is InChI=1S/C12H14O4/c1-2-15-12(14)8-5-10-3-6-11(7-4-10)16-9-13/h3-8,13H,2,9H2,1H3. The Morgan fingerprint density at radius 2 is 2.06 bits per heavy atom. The van der Waals surface area contributed by atoms with E-state index in [4.69, 9.17) is 14.6 Å². The summed E-state index contributed by atoms with van der Waals surface area (Å²) >= 11 is 0. The number of ether oxygens (including phenoxy) is 2. The number of esters is 1.